The molecule has 0 saturated carbocycles. The summed E-state index contributed by atoms with van der Waals surface area (Å²) in [7, 11) is 0. The second kappa shape index (κ2) is 4.15. The summed E-state index contributed by atoms with van der Waals surface area (Å²) >= 11 is 0.931. The van der Waals surface area contributed by atoms with Crippen LogP contribution in [0.3, 0.4) is 0 Å². The number of imide groups is 1. The smallest absolute Gasteiger partial charge is 0.293 e. The average Bonchev–Trinajstić information content (AvgIpc) is 2.56. The molecule has 1 aliphatic rings. The lowest BCUT2D eigenvalue weighted by atomic mass is 10.2. The molecule has 1 aliphatic heterocycles. The molecule has 0 aliphatic carbocycles. The largest absolute Gasteiger partial charge is 0.508 e. The number of carbonyl (C=O) groups excluding carboxylic acids is 2. The van der Waals surface area contributed by atoms with Gasteiger partial charge < -0.3 is 10.8 Å². The molecule has 3 N–H and O–H groups in total. The maximum Gasteiger partial charge on any atom is 0.293 e. The third-order valence-electron chi connectivity index (χ3n) is 2.24. The van der Waals surface area contributed by atoms with E-state index >= 15 is 0 Å². The van der Waals surface area contributed by atoms with Crippen molar-refractivity contribution < 1.29 is 14.7 Å². The van der Waals surface area contributed by atoms with E-state index in [0.29, 0.717) is 5.69 Å². The number of amides is 2. The van der Waals surface area contributed by atoms with Crippen molar-refractivity contribution >= 4 is 28.6 Å². The Hall–Kier alpha value is -1.53. The summed E-state index contributed by atoms with van der Waals surface area (Å²) < 4.78 is 0. The van der Waals surface area contributed by atoms with Crippen molar-refractivity contribution in [3.05, 3.63) is 24.3 Å². The number of phenols is 1. The Labute approximate surface area is 96.2 Å². The zero-order valence-electron chi connectivity index (χ0n) is 8.29. The van der Waals surface area contributed by atoms with E-state index in [4.69, 9.17) is 10.8 Å². The van der Waals surface area contributed by atoms with Gasteiger partial charge in [0.1, 0.15) is 11.0 Å². The summed E-state index contributed by atoms with van der Waals surface area (Å²) in [4.78, 5) is 24.4. The van der Waals surface area contributed by atoms with Crippen LogP contribution in [0.2, 0.25) is 0 Å². The Morgan fingerprint density at radius 3 is 2.44 bits per heavy atom. The summed E-state index contributed by atoms with van der Waals surface area (Å²) in [5, 5.41) is 8.29. The van der Waals surface area contributed by atoms with Gasteiger partial charge in [-0.1, -0.05) is 0 Å². The number of thioether (sulfide) groups is 1. The normalized spacial score (nSPS) is 20.6. The van der Waals surface area contributed by atoms with Crippen LogP contribution in [0.4, 0.5) is 10.5 Å². The minimum Gasteiger partial charge on any atom is -0.508 e. The Balaban J connectivity index is 2.31. The molecule has 6 heteroatoms. The molecule has 2 amide bonds. The molecule has 1 heterocycles. The lowest BCUT2D eigenvalue weighted by Gasteiger charge is -2.13. The van der Waals surface area contributed by atoms with Crippen LogP contribution in [-0.2, 0) is 4.79 Å². The Bertz CT molecular complexity index is 432. The van der Waals surface area contributed by atoms with Gasteiger partial charge in [-0.05, 0) is 36.0 Å². The quantitative estimate of drug-likeness (QED) is 0.800. The summed E-state index contributed by atoms with van der Waals surface area (Å²) in [6.07, 6.45) is 0. The first-order valence-corrected chi connectivity index (χ1v) is 5.55. The van der Waals surface area contributed by atoms with Crippen molar-refractivity contribution in [2.24, 2.45) is 5.73 Å². The number of carbonyl (C=O) groups is 2. The topological polar surface area (TPSA) is 83.6 Å². The highest BCUT2D eigenvalue weighted by molar-refractivity contribution is 8.15. The van der Waals surface area contributed by atoms with Crippen molar-refractivity contribution in [2.75, 3.05) is 11.4 Å². The average molecular weight is 238 g/mol. The molecular formula is C10H10N2O3S. The van der Waals surface area contributed by atoms with E-state index in [-0.39, 0.29) is 23.4 Å². The molecule has 0 radical (unpaired) electrons. The lowest BCUT2D eigenvalue weighted by molar-refractivity contribution is -0.116. The standard InChI is InChI=1S/C10H10N2O3S/c11-5-8-9(14)12(10(15)16-8)6-1-3-7(13)4-2-6/h1-4,8,13H,5,11H2. The molecule has 2 rings (SSSR count). The van der Waals surface area contributed by atoms with Gasteiger partial charge in [0.05, 0.1) is 5.69 Å². The number of phenolic OH excluding ortho intramolecular Hbond substituents is 1. The van der Waals surface area contributed by atoms with Crippen LogP contribution in [0.15, 0.2) is 24.3 Å². The minimum absolute atomic E-state index is 0.0888. The number of hydrogen-bond donors (Lipinski definition) is 2. The van der Waals surface area contributed by atoms with E-state index in [9.17, 15) is 9.59 Å². The molecule has 1 aromatic carbocycles. The van der Waals surface area contributed by atoms with Crippen molar-refractivity contribution in [2.45, 2.75) is 5.25 Å². The summed E-state index contributed by atoms with van der Waals surface area (Å²) in [6.45, 7) is 0.143. The van der Waals surface area contributed by atoms with Gasteiger partial charge in [0.25, 0.3) is 5.24 Å². The number of hydrogen-bond acceptors (Lipinski definition) is 5. The predicted molar refractivity (Wildman–Crippen MR) is 61.4 cm³/mol. The molecule has 1 fully saturated rings. The number of benzene rings is 1. The molecule has 0 aromatic heterocycles. The highest BCUT2D eigenvalue weighted by Gasteiger charge is 2.39. The van der Waals surface area contributed by atoms with E-state index in [2.05, 4.69) is 0 Å². The summed E-state index contributed by atoms with van der Waals surface area (Å²) in [5.41, 5.74) is 5.85. The van der Waals surface area contributed by atoms with Crippen LogP contribution in [0, 0.1) is 0 Å². The monoisotopic (exact) mass is 238 g/mol. The van der Waals surface area contributed by atoms with E-state index < -0.39 is 5.25 Å². The molecular weight excluding hydrogens is 228 g/mol. The van der Waals surface area contributed by atoms with Crippen LogP contribution in [-0.4, -0.2) is 28.0 Å². The molecule has 1 saturated heterocycles. The highest BCUT2D eigenvalue weighted by Crippen LogP contribution is 2.31. The van der Waals surface area contributed by atoms with Gasteiger partial charge in [0, 0.05) is 6.54 Å². The first kappa shape index (κ1) is 11.0. The third kappa shape index (κ3) is 1.77. The number of nitrogens with two attached hydrogens (primary N) is 1. The number of nitrogens with zero attached hydrogens (tertiary/aromatic N) is 1. The number of rotatable bonds is 2. The van der Waals surface area contributed by atoms with Crippen LogP contribution in [0.25, 0.3) is 0 Å². The highest BCUT2D eigenvalue weighted by atomic mass is 32.2. The molecule has 16 heavy (non-hydrogen) atoms. The van der Waals surface area contributed by atoms with Crippen molar-refractivity contribution in [3.63, 3.8) is 0 Å². The lowest BCUT2D eigenvalue weighted by Crippen LogP contribution is -2.34. The first-order chi connectivity index (χ1) is 7.63. The fourth-order valence-electron chi connectivity index (χ4n) is 1.44. The zero-order valence-corrected chi connectivity index (χ0v) is 9.11. The second-order valence-corrected chi connectivity index (χ2v) is 4.45. The summed E-state index contributed by atoms with van der Waals surface area (Å²) in [5.74, 6) is -0.214. The first-order valence-electron chi connectivity index (χ1n) is 4.67. The maximum atomic E-state index is 11.8. The van der Waals surface area contributed by atoms with E-state index in [1.807, 2.05) is 0 Å². The molecule has 1 unspecified atom stereocenters. The zero-order chi connectivity index (χ0) is 11.7. The van der Waals surface area contributed by atoms with E-state index in [1.54, 1.807) is 0 Å². The number of aromatic hydroxyl groups is 1. The van der Waals surface area contributed by atoms with Crippen LogP contribution < -0.4 is 10.6 Å². The van der Waals surface area contributed by atoms with Gasteiger partial charge in [-0.2, -0.15) is 0 Å². The second-order valence-electron chi connectivity index (χ2n) is 3.30. The molecule has 0 bridgehead atoms. The maximum absolute atomic E-state index is 11.8. The van der Waals surface area contributed by atoms with Crippen LogP contribution >= 0.6 is 11.8 Å². The van der Waals surface area contributed by atoms with E-state index in [0.717, 1.165) is 16.7 Å². The third-order valence-corrected chi connectivity index (χ3v) is 3.31. The molecule has 5 nitrogen and oxygen atoms in total. The molecule has 1 aromatic rings. The van der Waals surface area contributed by atoms with Gasteiger partial charge in [-0.3, -0.25) is 9.59 Å². The van der Waals surface area contributed by atoms with Gasteiger partial charge in [0.2, 0.25) is 5.91 Å². The number of anilines is 1. The Kier molecular flexibility index (Phi) is 2.84. The Morgan fingerprint density at radius 1 is 1.31 bits per heavy atom. The van der Waals surface area contributed by atoms with Gasteiger partial charge in [-0.15, -0.1) is 0 Å². The SMILES string of the molecule is NCC1SC(=O)N(c2ccc(O)cc2)C1=O. The molecule has 84 valence electrons. The predicted octanol–water partition coefficient (Wildman–Crippen LogP) is 0.919. The summed E-state index contributed by atoms with van der Waals surface area (Å²) in [6, 6.07) is 5.89. The molecule has 0 spiro atoms. The van der Waals surface area contributed by atoms with Crippen molar-refractivity contribution in [1.82, 2.24) is 0 Å². The minimum atomic E-state index is -0.499. The van der Waals surface area contributed by atoms with Crippen LogP contribution in [0.5, 0.6) is 5.75 Å². The van der Waals surface area contributed by atoms with Gasteiger partial charge in [-0.25, -0.2) is 4.90 Å². The van der Waals surface area contributed by atoms with Gasteiger partial charge >= 0.3 is 0 Å². The molecule has 1 atom stereocenters. The van der Waals surface area contributed by atoms with Crippen molar-refractivity contribution in [3.8, 4) is 5.75 Å². The Morgan fingerprint density at radius 2 is 1.94 bits per heavy atom. The van der Waals surface area contributed by atoms with Crippen LogP contribution in [0.1, 0.15) is 0 Å². The van der Waals surface area contributed by atoms with E-state index in [1.165, 1.54) is 24.3 Å². The van der Waals surface area contributed by atoms with Crippen molar-refractivity contribution in [1.29, 1.82) is 0 Å². The van der Waals surface area contributed by atoms with Gasteiger partial charge in [0.15, 0.2) is 0 Å². The fourth-order valence-corrected chi connectivity index (χ4v) is 2.29. The fraction of sp³-hybridized carbons (Fsp3) is 0.200.